The van der Waals surface area contributed by atoms with Crippen LogP contribution in [0.15, 0.2) is 152 Å². The van der Waals surface area contributed by atoms with Gasteiger partial charge in [-0.05, 0) is 107 Å². The van der Waals surface area contributed by atoms with Crippen molar-refractivity contribution >= 4 is 75.1 Å². The maximum absolute atomic E-state index is 5.83. The molecular formula is C57H51N3S2. The van der Waals surface area contributed by atoms with Gasteiger partial charge < -0.3 is 4.90 Å². The first kappa shape index (κ1) is 39.0. The van der Waals surface area contributed by atoms with Crippen LogP contribution in [-0.2, 0) is 16.2 Å². The zero-order valence-electron chi connectivity index (χ0n) is 36.7. The highest BCUT2D eigenvalue weighted by atomic mass is 32.1. The Hall–Kier alpha value is -5.88. The Morgan fingerprint density at radius 1 is 0.548 bits per heavy atom. The molecule has 306 valence electrons. The minimum absolute atomic E-state index is 0.0229. The summed E-state index contributed by atoms with van der Waals surface area (Å²) in [5.74, 6) is 0.219. The van der Waals surface area contributed by atoms with Gasteiger partial charge in [0, 0.05) is 64.3 Å². The van der Waals surface area contributed by atoms with Gasteiger partial charge in [-0.1, -0.05) is 133 Å². The van der Waals surface area contributed by atoms with Crippen LogP contribution in [0.4, 0.5) is 11.4 Å². The van der Waals surface area contributed by atoms with Gasteiger partial charge in [-0.15, -0.1) is 22.7 Å². The van der Waals surface area contributed by atoms with Crippen LogP contribution in [0.1, 0.15) is 88.7 Å². The Bertz CT molecular complexity index is 3310. The van der Waals surface area contributed by atoms with Crippen LogP contribution in [0.3, 0.4) is 0 Å². The van der Waals surface area contributed by atoms with Crippen LogP contribution < -0.4 is 4.90 Å². The van der Waals surface area contributed by atoms with E-state index in [1.807, 2.05) is 22.7 Å². The predicted molar refractivity (Wildman–Crippen MR) is 268 cm³/mol. The number of rotatable bonds is 5. The fourth-order valence-electron chi connectivity index (χ4n) is 9.74. The van der Waals surface area contributed by atoms with Gasteiger partial charge >= 0.3 is 0 Å². The van der Waals surface area contributed by atoms with E-state index in [2.05, 4.69) is 212 Å². The third-order valence-electron chi connectivity index (χ3n) is 13.3. The second kappa shape index (κ2) is 14.1. The Balaban J connectivity index is 1.12. The number of aromatic nitrogens is 2. The van der Waals surface area contributed by atoms with Crippen LogP contribution in [-0.4, -0.2) is 16.0 Å². The van der Waals surface area contributed by atoms with Crippen LogP contribution in [0.5, 0.6) is 0 Å². The summed E-state index contributed by atoms with van der Waals surface area (Å²) in [6.07, 6.45) is 9.09. The van der Waals surface area contributed by atoms with E-state index in [-0.39, 0.29) is 22.8 Å². The molecule has 0 saturated carbocycles. The van der Waals surface area contributed by atoms with E-state index in [0.717, 1.165) is 22.8 Å². The highest BCUT2D eigenvalue weighted by Gasteiger charge is 2.39. The van der Waals surface area contributed by atoms with Gasteiger partial charge in [-0.3, -0.25) is 9.97 Å². The van der Waals surface area contributed by atoms with Crippen molar-refractivity contribution in [3.05, 3.63) is 179 Å². The van der Waals surface area contributed by atoms with Crippen molar-refractivity contribution in [3.8, 4) is 22.5 Å². The summed E-state index contributed by atoms with van der Waals surface area (Å²) in [5, 5.41) is 6.41. The molecule has 62 heavy (non-hydrogen) atoms. The molecular weight excluding hydrogens is 791 g/mol. The van der Waals surface area contributed by atoms with Gasteiger partial charge in [0.05, 0.1) is 33.5 Å². The van der Waals surface area contributed by atoms with Gasteiger partial charge in [0.25, 0.3) is 0 Å². The number of thiophene rings is 2. The molecule has 0 saturated heterocycles. The lowest BCUT2D eigenvalue weighted by Crippen LogP contribution is -2.28. The summed E-state index contributed by atoms with van der Waals surface area (Å²) < 4.78 is 3.83. The molecule has 11 rings (SSSR count). The summed E-state index contributed by atoms with van der Waals surface area (Å²) in [7, 11) is 0. The Kier molecular flexibility index (Phi) is 8.85. The standard InChI is InChI=1S/C57H51N3S2/c1-55(2,3)35-28-29-47-40(31-35)41-32-49(59-52(54(41)61-47)43-30-34-18-12-13-21-37(34)42-33-50(56(4,5)6)62-53(42)43)57(7,8)48-27-17-24-44(58-48)38-23-16-26-46-51(38)39-22-14-15-25-45(39)60(46)36-19-10-9-11-20-36/h9-33,39,45H,1-8H3. The van der Waals surface area contributed by atoms with Crippen LogP contribution in [0.2, 0.25) is 0 Å². The lowest BCUT2D eigenvalue weighted by molar-refractivity contribution is 0.591. The number of benzene rings is 5. The molecule has 5 heterocycles. The molecule has 0 fully saturated rings. The van der Waals surface area contributed by atoms with Crippen LogP contribution >= 0.6 is 22.7 Å². The van der Waals surface area contributed by atoms with Gasteiger partial charge in [-0.25, -0.2) is 0 Å². The van der Waals surface area contributed by atoms with Crippen molar-refractivity contribution in [1.82, 2.24) is 9.97 Å². The molecule has 1 aliphatic heterocycles. The highest BCUT2D eigenvalue weighted by molar-refractivity contribution is 7.26. The summed E-state index contributed by atoms with van der Waals surface area (Å²) >= 11 is 3.80. The summed E-state index contributed by atoms with van der Waals surface area (Å²) in [4.78, 5) is 15.3. The molecule has 0 bridgehead atoms. The summed E-state index contributed by atoms with van der Waals surface area (Å²) in [6.45, 7) is 18.5. The fraction of sp³-hybridized carbons (Fsp3) is 0.228. The molecule has 2 aliphatic rings. The zero-order valence-corrected chi connectivity index (χ0v) is 38.4. The van der Waals surface area contributed by atoms with E-state index in [0.29, 0.717) is 0 Å². The molecule has 2 atom stereocenters. The first-order valence-electron chi connectivity index (χ1n) is 21.9. The summed E-state index contributed by atoms with van der Waals surface area (Å²) in [5.41, 5.74) is 11.1. The number of anilines is 2. The van der Waals surface area contributed by atoms with E-state index in [1.165, 1.54) is 79.5 Å². The number of allylic oxidation sites excluding steroid dienone is 2. The van der Waals surface area contributed by atoms with Crippen molar-refractivity contribution in [3.63, 3.8) is 0 Å². The number of para-hydroxylation sites is 1. The molecule has 2 unspecified atom stereocenters. The largest absolute Gasteiger partial charge is 0.333 e. The minimum Gasteiger partial charge on any atom is -0.333 e. The molecule has 9 aromatic rings. The summed E-state index contributed by atoms with van der Waals surface area (Å²) in [6, 6.07) is 47.5. The van der Waals surface area contributed by atoms with Gasteiger partial charge in [0.15, 0.2) is 0 Å². The second-order valence-electron chi connectivity index (χ2n) is 19.8. The van der Waals surface area contributed by atoms with Gasteiger partial charge in [-0.2, -0.15) is 0 Å². The molecule has 1 aliphatic carbocycles. The van der Waals surface area contributed by atoms with Crippen molar-refractivity contribution in [2.24, 2.45) is 0 Å². The van der Waals surface area contributed by atoms with Gasteiger partial charge in [0.2, 0.25) is 0 Å². The average Bonchev–Trinajstić information content (AvgIpc) is 3.99. The number of hydrogen-bond donors (Lipinski definition) is 0. The predicted octanol–water partition coefficient (Wildman–Crippen LogP) is 16.2. The molecule has 0 radical (unpaired) electrons. The van der Waals surface area contributed by atoms with Crippen molar-refractivity contribution in [2.45, 2.75) is 83.6 Å². The lowest BCUT2D eigenvalue weighted by Gasteiger charge is -2.28. The monoisotopic (exact) mass is 841 g/mol. The zero-order chi connectivity index (χ0) is 42.7. The maximum atomic E-state index is 5.83. The minimum atomic E-state index is -0.527. The maximum Gasteiger partial charge on any atom is 0.0898 e. The Morgan fingerprint density at radius 2 is 1.31 bits per heavy atom. The number of fused-ring (bicyclic) bond motifs is 9. The Labute approximate surface area is 373 Å². The van der Waals surface area contributed by atoms with Crippen molar-refractivity contribution in [2.75, 3.05) is 4.90 Å². The second-order valence-corrected chi connectivity index (χ2v) is 21.9. The highest BCUT2D eigenvalue weighted by Crippen LogP contribution is 2.52. The molecule has 5 aromatic carbocycles. The normalized spacial score (nSPS) is 16.5. The van der Waals surface area contributed by atoms with E-state index in [1.54, 1.807) is 0 Å². The van der Waals surface area contributed by atoms with E-state index in [4.69, 9.17) is 9.97 Å². The van der Waals surface area contributed by atoms with E-state index < -0.39 is 5.41 Å². The molecule has 4 aromatic heterocycles. The van der Waals surface area contributed by atoms with Crippen LogP contribution in [0.25, 0.3) is 63.5 Å². The quantitative estimate of drug-likeness (QED) is 0.173. The molecule has 0 spiro atoms. The van der Waals surface area contributed by atoms with E-state index >= 15 is 0 Å². The number of nitrogens with zero attached hydrogens (tertiary/aromatic N) is 3. The van der Waals surface area contributed by atoms with Crippen molar-refractivity contribution in [1.29, 1.82) is 0 Å². The first-order chi connectivity index (χ1) is 29.8. The lowest BCUT2D eigenvalue weighted by atomic mass is 9.82. The molecule has 0 N–H and O–H groups in total. The smallest absolute Gasteiger partial charge is 0.0898 e. The van der Waals surface area contributed by atoms with E-state index in [9.17, 15) is 0 Å². The fourth-order valence-corrected chi connectivity index (χ4v) is 12.2. The third kappa shape index (κ3) is 6.19. The number of pyridine rings is 2. The molecule has 0 amide bonds. The first-order valence-corrected chi connectivity index (χ1v) is 23.5. The molecule has 3 nitrogen and oxygen atoms in total. The number of hydrogen-bond acceptors (Lipinski definition) is 5. The average molecular weight is 842 g/mol. The SMILES string of the molecule is CC(C)(C)c1ccc2sc3c(-c4cc5ccccc5c5cc(C(C)(C)C)sc45)nc(C(C)(C)c4cccc(-c5cccc6c5C5C=CC=CC5N6c5ccccc5)n4)cc3c2c1. The topological polar surface area (TPSA) is 29.0 Å². The van der Waals surface area contributed by atoms with Gasteiger partial charge in [0.1, 0.15) is 0 Å². The Morgan fingerprint density at radius 3 is 2.11 bits per heavy atom. The van der Waals surface area contributed by atoms with Crippen molar-refractivity contribution < 1.29 is 0 Å². The van der Waals surface area contributed by atoms with Crippen LogP contribution in [0, 0.1) is 0 Å². The third-order valence-corrected chi connectivity index (χ3v) is 16.1. The molecule has 5 heteroatoms.